The third-order valence-corrected chi connectivity index (χ3v) is 1.66. The van der Waals surface area contributed by atoms with Gasteiger partial charge in [-0.3, -0.25) is 4.99 Å². The van der Waals surface area contributed by atoms with Gasteiger partial charge in [0.25, 0.3) is 0 Å². The SMILES string of the molecule is CCOC(=O)C(=NC)SCN. The first-order valence-corrected chi connectivity index (χ1v) is 4.21. The Bertz CT molecular complexity index is 159. The van der Waals surface area contributed by atoms with Crippen LogP contribution in [0, 0.1) is 0 Å². The Labute approximate surface area is 70.2 Å². The standard InChI is InChI=1S/C6H12N2O2S/c1-3-10-6(9)5(8-2)11-4-7/h3-4,7H2,1-2H3. The number of aliphatic imine (C=N–C) groups is 1. The molecule has 0 fully saturated rings. The lowest BCUT2D eigenvalue weighted by Gasteiger charge is -2.01. The first kappa shape index (κ1) is 10.4. The maximum absolute atomic E-state index is 10.9. The zero-order valence-electron chi connectivity index (χ0n) is 6.66. The van der Waals surface area contributed by atoms with Crippen LogP contribution in [0.5, 0.6) is 0 Å². The van der Waals surface area contributed by atoms with Gasteiger partial charge in [-0.2, -0.15) is 0 Å². The van der Waals surface area contributed by atoms with E-state index in [9.17, 15) is 4.79 Å². The highest BCUT2D eigenvalue weighted by Gasteiger charge is 2.10. The summed E-state index contributed by atoms with van der Waals surface area (Å²) in [5.41, 5.74) is 5.21. The van der Waals surface area contributed by atoms with Crippen LogP contribution in [0.3, 0.4) is 0 Å². The van der Waals surface area contributed by atoms with Crippen LogP contribution in [-0.4, -0.2) is 30.5 Å². The minimum atomic E-state index is -0.398. The van der Waals surface area contributed by atoms with Gasteiger partial charge in [0.05, 0.1) is 6.61 Å². The maximum atomic E-state index is 10.9. The van der Waals surface area contributed by atoms with Crippen molar-refractivity contribution in [3.05, 3.63) is 0 Å². The zero-order valence-corrected chi connectivity index (χ0v) is 7.48. The summed E-state index contributed by atoms with van der Waals surface area (Å²) in [4.78, 5) is 14.7. The average Bonchev–Trinajstić information content (AvgIpc) is 2.00. The van der Waals surface area contributed by atoms with Crippen LogP contribution in [0.1, 0.15) is 6.92 Å². The molecule has 0 aromatic carbocycles. The summed E-state index contributed by atoms with van der Waals surface area (Å²) in [6, 6.07) is 0. The van der Waals surface area contributed by atoms with Crippen molar-refractivity contribution in [1.82, 2.24) is 0 Å². The molecule has 11 heavy (non-hydrogen) atoms. The van der Waals surface area contributed by atoms with Crippen LogP contribution in [0.4, 0.5) is 0 Å². The highest BCUT2D eigenvalue weighted by molar-refractivity contribution is 8.15. The third kappa shape index (κ3) is 4.00. The molecule has 0 amide bonds. The van der Waals surface area contributed by atoms with E-state index in [2.05, 4.69) is 4.99 Å². The molecule has 5 heteroatoms. The van der Waals surface area contributed by atoms with Crippen LogP contribution >= 0.6 is 11.8 Å². The number of esters is 1. The van der Waals surface area contributed by atoms with E-state index >= 15 is 0 Å². The van der Waals surface area contributed by atoms with Crippen LogP contribution in [0.15, 0.2) is 4.99 Å². The van der Waals surface area contributed by atoms with Crippen molar-refractivity contribution in [2.24, 2.45) is 10.7 Å². The monoisotopic (exact) mass is 176 g/mol. The number of rotatable bonds is 2. The van der Waals surface area contributed by atoms with E-state index in [-0.39, 0.29) is 0 Å². The smallest absolute Gasteiger partial charge is 0.363 e. The van der Waals surface area contributed by atoms with Crippen molar-refractivity contribution in [2.75, 3.05) is 19.5 Å². The molecule has 0 radical (unpaired) electrons. The fourth-order valence-corrected chi connectivity index (χ4v) is 0.950. The number of thioether (sulfide) groups is 1. The third-order valence-electron chi connectivity index (χ3n) is 0.873. The van der Waals surface area contributed by atoms with Crippen molar-refractivity contribution in [2.45, 2.75) is 6.92 Å². The minimum Gasteiger partial charge on any atom is -0.461 e. The summed E-state index contributed by atoms with van der Waals surface area (Å²) in [5, 5.41) is 0.328. The second-order valence-corrected chi connectivity index (χ2v) is 2.57. The zero-order chi connectivity index (χ0) is 8.69. The first-order chi connectivity index (χ1) is 5.26. The van der Waals surface area contributed by atoms with Gasteiger partial charge >= 0.3 is 5.97 Å². The van der Waals surface area contributed by atoms with Crippen molar-refractivity contribution >= 4 is 22.8 Å². The number of nitrogens with two attached hydrogens (primary N) is 1. The summed E-state index contributed by atoms with van der Waals surface area (Å²) >= 11 is 1.18. The molecule has 0 aromatic heterocycles. The van der Waals surface area contributed by atoms with E-state index in [1.165, 1.54) is 18.8 Å². The molecule has 0 heterocycles. The first-order valence-electron chi connectivity index (χ1n) is 3.23. The fourth-order valence-electron chi connectivity index (χ4n) is 0.487. The van der Waals surface area contributed by atoms with Crippen LogP contribution < -0.4 is 5.73 Å². The van der Waals surface area contributed by atoms with Gasteiger partial charge in [-0.15, -0.1) is 0 Å². The Morgan fingerprint density at radius 2 is 2.36 bits per heavy atom. The molecular formula is C6H12N2O2S. The molecule has 0 aliphatic carbocycles. The van der Waals surface area contributed by atoms with Gasteiger partial charge in [-0.1, -0.05) is 11.8 Å². The van der Waals surface area contributed by atoms with Crippen LogP contribution in [0.2, 0.25) is 0 Å². The Morgan fingerprint density at radius 3 is 2.73 bits per heavy atom. The van der Waals surface area contributed by atoms with Crippen molar-refractivity contribution < 1.29 is 9.53 Å². The van der Waals surface area contributed by atoms with Gasteiger partial charge in [0.2, 0.25) is 0 Å². The van der Waals surface area contributed by atoms with Gasteiger partial charge in [0.1, 0.15) is 0 Å². The lowest BCUT2D eigenvalue weighted by Crippen LogP contribution is -2.16. The Hall–Kier alpha value is -0.550. The number of hydrogen-bond donors (Lipinski definition) is 1. The molecule has 64 valence electrons. The lowest BCUT2D eigenvalue weighted by atomic mass is 10.7. The number of nitrogens with zero attached hydrogens (tertiary/aromatic N) is 1. The highest BCUT2D eigenvalue weighted by atomic mass is 32.2. The molecule has 2 N–H and O–H groups in total. The molecule has 0 saturated heterocycles. The molecule has 0 aliphatic rings. The summed E-state index contributed by atoms with van der Waals surface area (Å²) in [6.45, 7) is 2.11. The molecule has 0 aromatic rings. The molecule has 4 nitrogen and oxygen atoms in total. The molecule has 0 bridgehead atoms. The van der Waals surface area contributed by atoms with Crippen LogP contribution in [0.25, 0.3) is 0 Å². The number of carbonyl (C=O) groups excluding carboxylic acids is 1. The number of ether oxygens (including phenoxy) is 1. The molecular weight excluding hydrogens is 164 g/mol. The fraction of sp³-hybridized carbons (Fsp3) is 0.667. The molecule has 0 atom stereocenters. The van der Waals surface area contributed by atoms with Gasteiger partial charge in [-0.25, -0.2) is 4.79 Å². The summed E-state index contributed by atoms with van der Waals surface area (Å²) in [7, 11) is 1.54. The van der Waals surface area contributed by atoms with Gasteiger partial charge in [0.15, 0.2) is 5.04 Å². The largest absolute Gasteiger partial charge is 0.461 e. The maximum Gasteiger partial charge on any atom is 0.363 e. The van der Waals surface area contributed by atoms with E-state index in [1.807, 2.05) is 0 Å². The molecule has 0 spiro atoms. The van der Waals surface area contributed by atoms with Gasteiger partial charge in [-0.05, 0) is 6.92 Å². The predicted molar refractivity (Wildman–Crippen MR) is 46.6 cm³/mol. The molecule has 0 rings (SSSR count). The van der Waals surface area contributed by atoms with Crippen LogP contribution in [-0.2, 0) is 9.53 Å². The second-order valence-electron chi connectivity index (χ2n) is 1.56. The van der Waals surface area contributed by atoms with Crippen molar-refractivity contribution in [1.29, 1.82) is 0 Å². The van der Waals surface area contributed by atoms with Crippen molar-refractivity contribution in [3.63, 3.8) is 0 Å². The van der Waals surface area contributed by atoms with E-state index in [0.29, 0.717) is 17.5 Å². The number of carbonyl (C=O) groups is 1. The lowest BCUT2D eigenvalue weighted by molar-refractivity contribution is -0.134. The molecule has 0 aliphatic heterocycles. The second kappa shape index (κ2) is 6.18. The Balaban J connectivity index is 3.94. The average molecular weight is 176 g/mol. The topological polar surface area (TPSA) is 64.7 Å². The highest BCUT2D eigenvalue weighted by Crippen LogP contribution is 2.02. The number of hydrogen-bond acceptors (Lipinski definition) is 5. The minimum absolute atomic E-state index is 0.328. The quantitative estimate of drug-likeness (QED) is 0.283. The Kier molecular flexibility index (Phi) is 5.87. The van der Waals surface area contributed by atoms with E-state index < -0.39 is 5.97 Å². The normalized spacial score (nSPS) is 11.4. The van der Waals surface area contributed by atoms with Crippen molar-refractivity contribution in [3.8, 4) is 0 Å². The summed E-state index contributed by atoms with van der Waals surface area (Å²) in [6.07, 6.45) is 0. The molecule has 0 unspecified atom stereocenters. The van der Waals surface area contributed by atoms with E-state index in [0.717, 1.165) is 0 Å². The summed E-state index contributed by atoms with van der Waals surface area (Å²) in [5.74, 6) is -0.0590. The predicted octanol–water partition coefficient (Wildman–Crippen LogP) is 0.227. The van der Waals surface area contributed by atoms with Gasteiger partial charge < -0.3 is 10.5 Å². The van der Waals surface area contributed by atoms with E-state index in [1.54, 1.807) is 6.92 Å². The summed E-state index contributed by atoms with van der Waals surface area (Å²) < 4.78 is 4.70. The Morgan fingerprint density at radius 1 is 1.73 bits per heavy atom. The molecule has 0 saturated carbocycles. The van der Waals surface area contributed by atoms with E-state index in [4.69, 9.17) is 10.5 Å². The van der Waals surface area contributed by atoms with Gasteiger partial charge in [0, 0.05) is 12.9 Å².